The molecule has 4 nitrogen and oxygen atoms in total. The van der Waals surface area contributed by atoms with E-state index in [0.29, 0.717) is 23.7 Å². The van der Waals surface area contributed by atoms with Crippen molar-refractivity contribution in [1.82, 2.24) is 14.9 Å². The smallest absolute Gasteiger partial charge is 0.251 e. The number of imidazole rings is 1. The average Bonchev–Trinajstić information content (AvgIpc) is 3.10. The number of hydrogen-bond donors (Lipinski definition) is 1. The number of aromatic nitrogens is 2. The average molecular weight is 402 g/mol. The maximum absolute atomic E-state index is 12.5. The van der Waals surface area contributed by atoms with Crippen LogP contribution in [0.15, 0.2) is 84.9 Å². The van der Waals surface area contributed by atoms with Crippen molar-refractivity contribution in [3.8, 4) is 0 Å². The van der Waals surface area contributed by atoms with E-state index < -0.39 is 0 Å². The molecule has 144 valence electrons. The lowest BCUT2D eigenvalue weighted by molar-refractivity contribution is 0.0949. The number of para-hydroxylation sites is 2. The molecular weight excluding hydrogens is 382 g/mol. The molecule has 3 aromatic carbocycles. The van der Waals surface area contributed by atoms with Gasteiger partial charge in [0.25, 0.3) is 5.91 Å². The molecule has 0 radical (unpaired) electrons. The maximum atomic E-state index is 12.5. The lowest BCUT2D eigenvalue weighted by Gasteiger charge is -2.08. The first-order valence-corrected chi connectivity index (χ1v) is 9.78. The minimum absolute atomic E-state index is 0.175. The van der Waals surface area contributed by atoms with Crippen LogP contribution >= 0.6 is 11.6 Å². The lowest BCUT2D eigenvalue weighted by atomic mass is 10.2. The largest absolute Gasteiger partial charge is 0.345 e. The SMILES string of the molecule is O=C(NCc1nc2ccccc2n1C/C=C/c1ccccc1)c1cccc(Cl)c1. The summed E-state index contributed by atoms with van der Waals surface area (Å²) in [5, 5.41) is 3.48. The molecule has 29 heavy (non-hydrogen) atoms. The van der Waals surface area contributed by atoms with Crippen LogP contribution in [0.2, 0.25) is 5.02 Å². The highest BCUT2D eigenvalue weighted by atomic mass is 35.5. The quantitative estimate of drug-likeness (QED) is 0.474. The van der Waals surface area contributed by atoms with Crippen LogP contribution in [0.1, 0.15) is 21.7 Å². The van der Waals surface area contributed by atoms with E-state index in [0.717, 1.165) is 22.4 Å². The van der Waals surface area contributed by atoms with Crippen molar-refractivity contribution in [2.45, 2.75) is 13.1 Å². The molecule has 5 heteroatoms. The summed E-state index contributed by atoms with van der Waals surface area (Å²) in [6.45, 7) is 0.997. The van der Waals surface area contributed by atoms with Gasteiger partial charge in [-0.15, -0.1) is 0 Å². The van der Waals surface area contributed by atoms with Gasteiger partial charge in [0, 0.05) is 17.1 Å². The molecule has 1 amide bonds. The highest BCUT2D eigenvalue weighted by Crippen LogP contribution is 2.17. The molecule has 0 aliphatic heterocycles. The van der Waals surface area contributed by atoms with Crippen molar-refractivity contribution in [2.75, 3.05) is 0 Å². The number of nitrogens with one attached hydrogen (secondary N) is 1. The molecule has 0 saturated heterocycles. The molecule has 0 aliphatic carbocycles. The van der Waals surface area contributed by atoms with Gasteiger partial charge in [0.05, 0.1) is 17.6 Å². The van der Waals surface area contributed by atoms with Crippen LogP contribution in [-0.2, 0) is 13.1 Å². The molecule has 1 N–H and O–H groups in total. The monoisotopic (exact) mass is 401 g/mol. The predicted molar refractivity (Wildman–Crippen MR) is 118 cm³/mol. The second-order valence-corrected chi connectivity index (χ2v) is 7.07. The Labute approximate surface area is 174 Å². The van der Waals surface area contributed by atoms with Crippen LogP contribution in [0.25, 0.3) is 17.1 Å². The molecule has 0 spiro atoms. The van der Waals surface area contributed by atoms with E-state index >= 15 is 0 Å². The number of nitrogens with zero attached hydrogens (tertiary/aromatic N) is 2. The third-order valence-corrected chi connectivity index (χ3v) is 4.86. The van der Waals surface area contributed by atoms with Gasteiger partial charge >= 0.3 is 0 Å². The molecule has 0 fully saturated rings. The summed E-state index contributed by atoms with van der Waals surface area (Å²) in [5.74, 6) is 0.630. The minimum atomic E-state index is -0.175. The van der Waals surface area contributed by atoms with Crippen molar-refractivity contribution in [2.24, 2.45) is 0 Å². The molecule has 4 aromatic rings. The van der Waals surface area contributed by atoms with E-state index in [1.165, 1.54) is 0 Å². The molecule has 0 atom stereocenters. The number of carbonyl (C=O) groups is 1. The van der Waals surface area contributed by atoms with E-state index in [2.05, 4.69) is 34.2 Å². The fourth-order valence-corrected chi connectivity index (χ4v) is 3.40. The number of rotatable bonds is 6. The van der Waals surface area contributed by atoms with Crippen molar-refractivity contribution in [3.05, 3.63) is 107 Å². The summed E-state index contributed by atoms with van der Waals surface area (Å²) in [4.78, 5) is 17.2. The zero-order chi connectivity index (χ0) is 20.1. The van der Waals surface area contributed by atoms with Gasteiger partial charge in [-0.05, 0) is 35.9 Å². The number of halogens is 1. The number of fused-ring (bicyclic) bond motifs is 1. The third kappa shape index (κ3) is 4.55. The van der Waals surface area contributed by atoms with Gasteiger partial charge in [-0.1, -0.05) is 72.3 Å². The highest BCUT2D eigenvalue weighted by Gasteiger charge is 2.12. The fraction of sp³-hybridized carbons (Fsp3) is 0.0833. The fourth-order valence-electron chi connectivity index (χ4n) is 3.21. The Morgan fingerprint density at radius 2 is 1.79 bits per heavy atom. The summed E-state index contributed by atoms with van der Waals surface area (Å²) in [6.07, 6.45) is 4.19. The van der Waals surface area contributed by atoms with Crippen LogP contribution in [0.3, 0.4) is 0 Å². The topological polar surface area (TPSA) is 46.9 Å². The minimum Gasteiger partial charge on any atom is -0.345 e. The Balaban J connectivity index is 1.54. The van der Waals surface area contributed by atoms with Gasteiger partial charge in [0.2, 0.25) is 0 Å². The molecule has 0 saturated carbocycles. The molecule has 0 unspecified atom stereocenters. The second-order valence-electron chi connectivity index (χ2n) is 6.63. The highest BCUT2D eigenvalue weighted by molar-refractivity contribution is 6.30. The molecule has 1 heterocycles. The van der Waals surface area contributed by atoms with Gasteiger partial charge in [0.15, 0.2) is 0 Å². The maximum Gasteiger partial charge on any atom is 0.251 e. The van der Waals surface area contributed by atoms with Gasteiger partial charge in [-0.2, -0.15) is 0 Å². The van der Waals surface area contributed by atoms with Crippen LogP contribution in [0.5, 0.6) is 0 Å². The van der Waals surface area contributed by atoms with E-state index in [-0.39, 0.29) is 5.91 Å². The van der Waals surface area contributed by atoms with Gasteiger partial charge in [-0.3, -0.25) is 4.79 Å². The van der Waals surface area contributed by atoms with Crippen LogP contribution in [0, 0.1) is 0 Å². The summed E-state index contributed by atoms with van der Waals surface area (Å²) in [6, 6.07) is 25.1. The Hall–Kier alpha value is -3.37. The van der Waals surface area contributed by atoms with E-state index in [4.69, 9.17) is 16.6 Å². The summed E-state index contributed by atoms with van der Waals surface area (Å²) in [7, 11) is 0. The second kappa shape index (κ2) is 8.76. The van der Waals surface area contributed by atoms with Crippen LogP contribution in [0.4, 0.5) is 0 Å². The first-order valence-electron chi connectivity index (χ1n) is 9.40. The molecule has 1 aromatic heterocycles. The van der Waals surface area contributed by atoms with Crippen LogP contribution in [-0.4, -0.2) is 15.5 Å². The van der Waals surface area contributed by atoms with Gasteiger partial charge in [-0.25, -0.2) is 4.98 Å². The molecule has 0 aliphatic rings. The first-order chi connectivity index (χ1) is 14.2. The number of allylic oxidation sites excluding steroid dienone is 1. The van der Waals surface area contributed by atoms with Gasteiger partial charge in [0.1, 0.15) is 5.82 Å². The van der Waals surface area contributed by atoms with Crippen molar-refractivity contribution in [3.63, 3.8) is 0 Å². The third-order valence-electron chi connectivity index (χ3n) is 4.63. The number of benzene rings is 3. The zero-order valence-electron chi connectivity index (χ0n) is 15.8. The Bertz CT molecular complexity index is 1170. The van der Waals surface area contributed by atoms with Crippen molar-refractivity contribution < 1.29 is 4.79 Å². The lowest BCUT2D eigenvalue weighted by Crippen LogP contribution is -2.24. The summed E-state index contributed by atoms with van der Waals surface area (Å²) in [5.41, 5.74) is 3.63. The standard InChI is InChI=1S/C24H20ClN3O/c25-20-12-6-11-19(16-20)24(29)26-17-23-27-21-13-4-5-14-22(21)28(23)15-7-10-18-8-2-1-3-9-18/h1-14,16H,15,17H2,(H,26,29)/b10-7+. The zero-order valence-corrected chi connectivity index (χ0v) is 16.5. The van der Waals surface area contributed by atoms with E-state index in [1.54, 1.807) is 24.3 Å². The Morgan fingerprint density at radius 1 is 1.00 bits per heavy atom. The summed E-state index contributed by atoms with van der Waals surface area (Å²) < 4.78 is 2.12. The van der Waals surface area contributed by atoms with Crippen LogP contribution < -0.4 is 5.32 Å². The predicted octanol–water partition coefficient (Wildman–Crippen LogP) is 5.33. The molecule has 0 bridgehead atoms. The molecule has 4 rings (SSSR count). The molecular formula is C24H20ClN3O. The Morgan fingerprint density at radius 3 is 2.62 bits per heavy atom. The number of hydrogen-bond acceptors (Lipinski definition) is 2. The number of carbonyl (C=O) groups excluding carboxylic acids is 1. The first kappa shape index (κ1) is 19.0. The number of amides is 1. The Kier molecular flexibility index (Phi) is 5.73. The van der Waals surface area contributed by atoms with Crippen molar-refractivity contribution >= 4 is 34.6 Å². The van der Waals surface area contributed by atoms with E-state index in [9.17, 15) is 4.79 Å². The summed E-state index contributed by atoms with van der Waals surface area (Å²) >= 11 is 5.99. The van der Waals surface area contributed by atoms with Crippen molar-refractivity contribution in [1.29, 1.82) is 0 Å². The normalized spacial score (nSPS) is 11.2. The van der Waals surface area contributed by atoms with E-state index in [1.807, 2.05) is 42.5 Å². The van der Waals surface area contributed by atoms with Gasteiger partial charge < -0.3 is 9.88 Å².